The molecule has 2 amide bonds. The van der Waals surface area contributed by atoms with Gasteiger partial charge in [-0.3, -0.25) is 9.59 Å². The number of halogens is 1. The molecule has 1 aliphatic rings. The first-order chi connectivity index (χ1) is 16.6. The number of rotatable bonds is 7. The number of carbonyl (C=O) groups is 2. The van der Waals surface area contributed by atoms with Crippen LogP contribution in [0.5, 0.6) is 5.75 Å². The van der Waals surface area contributed by atoms with Crippen molar-refractivity contribution in [3.63, 3.8) is 0 Å². The van der Waals surface area contributed by atoms with Gasteiger partial charge in [-0.1, -0.05) is 0 Å². The molecule has 0 bridgehead atoms. The molecule has 1 fully saturated rings. The third-order valence-corrected chi connectivity index (χ3v) is 4.80. The quantitative estimate of drug-likeness (QED) is 0.518. The van der Waals surface area contributed by atoms with Gasteiger partial charge in [-0.25, -0.2) is 19.3 Å². The Balaban J connectivity index is 1.76. The average Bonchev–Trinajstić information content (AvgIpc) is 3.64. The second-order valence-electron chi connectivity index (χ2n) is 7.06. The molecule has 1 saturated carbocycles. The zero-order valence-corrected chi connectivity index (χ0v) is 17.0. The molecular weight excluding hydrogens is 415 g/mol. The lowest BCUT2D eigenvalue weighted by Crippen LogP contribution is -2.20. The Morgan fingerprint density at radius 2 is 1.94 bits per heavy atom. The van der Waals surface area contributed by atoms with Gasteiger partial charge in [-0.05, 0) is 25.0 Å². The zero-order valence-electron chi connectivity index (χ0n) is 20.0. The summed E-state index contributed by atoms with van der Waals surface area (Å²) in [4.78, 5) is 37.2. The summed E-state index contributed by atoms with van der Waals surface area (Å²) in [5, 5.41) is 7.47. The lowest BCUT2D eigenvalue weighted by atomic mass is 10.1. The molecule has 0 aliphatic heterocycles. The minimum Gasteiger partial charge on any atom is -0.494 e. The first-order valence-electron chi connectivity index (χ1n) is 11.2. The molecule has 4 rings (SSSR count). The molecule has 164 valence electrons. The number of nitrogens with zero attached hydrogens (tertiary/aromatic N) is 3. The van der Waals surface area contributed by atoms with Crippen molar-refractivity contribution in [1.29, 1.82) is 0 Å². The van der Waals surface area contributed by atoms with Gasteiger partial charge in [0.2, 0.25) is 5.91 Å². The highest BCUT2D eigenvalue weighted by Crippen LogP contribution is 2.38. The van der Waals surface area contributed by atoms with Gasteiger partial charge in [0.1, 0.15) is 11.6 Å². The minimum atomic E-state index is -2.75. The third kappa shape index (κ3) is 4.48. The van der Waals surface area contributed by atoms with Crippen LogP contribution in [0.3, 0.4) is 0 Å². The Morgan fingerprint density at radius 3 is 2.62 bits per heavy atom. The van der Waals surface area contributed by atoms with Crippen LogP contribution in [0.1, 0.15) is 27.3 Å². The summed E-state index contributed by atoms with van der Waals surface area (Å²) in [7, 11) is 1.38. The number of nitrogens with one attached hydrogen (secondary N) is 3. The number of ether oxygens (including phenoxy) is 1. The molecule has 3 aromatic rings. The van der Waals surface area contributed by atoms with E-state index in [0.29, 0.717) is 0 Å². The van der Waals surface area contributed by atoms with Crippen LogP contribution in [0, 0.1) is 11.7 Å². The van der Waals surface area contributed by atoms with Crippen molar-refractivity contribution in [1.82, 2.24) is 20.3 Å². The Bertz CT molecular complexity index is 1270. The van der Waals surface area contributed by atoms with Crippen LogP contribution in [0.15, 0.2) is 42.9 Å². The van der Waals surface area contributed by atoms with Crippen molar-refractivity contribution in [2.75, 3.05) is 24.7 Å². The smallest absolute Gasteiger partial charge is 0.254 e. The summed E-state index contributed by atoms with van der Waals surface area (Å²) in [6, 6.07) is 5.31. The number of benzene rings is 1. The second kappa shape index (κ2) is 8.96. The van der Waals surface area contributed by atoms with E-state index in [4.69, 9.17) is 8.85 Å². The second-order valence-corrected chi connectivity index (χ2v) is 7.06. The predicted octanol–water partition coefficient (Wildman–Crippen LogP) is 3.14. The first-order valence-corrected chi connectivity index (χ1v) is 9.70. The normalized spacial score (nSPS) is 14.5. The molecule has 10 heteroatoms. The molecule has 3 N–H and O–H groups in total. The summed E-state index contributed by atoms with van der Waals surface area (Å²) in [5.41, 5.74) is 0.287. The van der Waals surface area contributed by atoms with Crippen molar-refractivity contribution < 1.29 is 22.8 Å². The number of anilines is 3. The van der Waals surface area contributed by atoms with E-state index < -0.39 is 18.7 Å². The molecule has 1 aromatic carbocycles. The predicted molar refractivity (Wildman–Crippen MR) is 116 cm³/mol. The summed E-state index contributed by atoms with van der Waals surface area (Å²) < 4.78 is 42.1. The maximum Gasteiger partial charge on any atom is 0.254 e. The van der Waals surface area contributed by atoms with E-state index in [-0.39, 0.29) is 51.7 Å². The van der Waals surface area contributed by atoms with Gasteiger partial charge in [0.25, 0.3) is 5.91 Å². The van der Waals surface area contributed by atoms with E-state index in [1.54, 1.807) is 6.07 Å². The minimum absolute atomic E-state index is 0.0664. The molecule has 9 nitrogen and oxygen atoms in total. The molecule has 0 unspecified atom stereocenters. The topological polar surface area (TPSA) is 118 Å². The van der Waals surface area contributed by atoms with Crippen molar-refractivity contribution >= 4 is 29.0 Å². The fourth-order valence-electron chi connectivity index (χ4n) is 3.10. The summed E-state index contributed by atoms with van der Waals surface area (Å²) in [6.45, 7) is -2.75. The molecule has 0 atom stereocenters. The van der Waals surface area contributed by atoms with Crippen molar-refractivity contribution in [3.05, 3.63) is 54.2 Å². The van der Waals surface area contributed by atoms with Gasteiger partial charge < -0.3 is 20.7 Å². The highest BCUT2D eigenvalue weighted by Gasteiger charge is 2.30. The van der Waals surface area contributed by atoms with E-state index in [1.807, 2.05) is 5.32 Å². The highest BCUT2D eigenvalue weighted by atomic mass is 19.1. The maximum absolute atomic E-state index is 14.6. The molecule has 0 saturated heterocycles. The SMILES string of the molecule is [2H]C([2H])([2H])NC(=O)c1cnc(NC(=O)C2CC2)cc1Nc1cc(F)cc(-c2ncccn2)c1OC. The van der Waals surface area contributed by atoms with Crippen molar-refractivity contribution in [3.8, 4) is 17.1 Å². The van der Waals surface area contributed by atoms with E-state index in [0.717, 1.165) is 25.1 Å². The van der Waals surface area contributed by atoms with Crippen LogP contribution in [0.4, 0.5) is 21.6 Å². The maximum atomic E-state index is 14.6. The lowest BCUT2D eigenvalue weighted by Gasteiger charge is -2.17. The van der Waals surface area contributed by atoms with E-state index >= 15 is 0 Å². The summed E-state index contributed by atoms with van der Waals surface area (Å²) >= 11 is 0. The van der Waals surface area contributed by atoms with Crippen LogP contribution in [-0.4, -0.2) is 40.9 Å². The Labute approximate surface area is 187 Å². The summed E-state index contributed by atoms with van der Waals surface area (Å²) in [6.07, 6.45) is 5.67. The highest BCUT2D eigenvalue weighted by molar-refractivity contribution is 6.01. The largest absolute Gasteiger partial charge is 0.494 e. The molecular formula is C22H21FN6O3. The molecule has 1 aliphatic carbocycles. The van der Waals surface area contributed by atoms with Gasteiger partial charge in [0.05, 0.1) is 29.6 Å². The Morgan fingerprint density at radius 1 is 1.16 bits per heavy atom. The molecule has 0 spiro atoms. The van der Waals surface area contributed by atoms with Gasteiger partial charge in [0.15, 0.2) is 11.6 Å². The molecule has 2 heterocycles. The number of hydrogen-bond acceptors (Lipinski definition) is 7. The fraction of sp³-hybridized carbons (Fsp3) is 0.227. The van der Waals surface area contributed by atoms with Crippen LogP contribution >= 0.6 is 0 Å². The Kier molecular flexibility index (Phi) is 4.93. The van der Waals surface area contributed by atoms with E-state index in [9.17, 15) is 14.0 Å². The van der Waals surface area contributed by atoms with Crippen molar-refractivity contribution in [2.45, 2.75) is 12.8 Å². The van der Waals surface area contributed by atoms with E-state index in [1.165, 1.54) is 31.6 Å². The van der Waals surface area contributed by atoms with Gasteiger partial charge in [-0.2, -0.15) is 0 Å². The molecule has 32 heavy (non-hydrogen) atoms. The number of pyridine rings is 1. The number of hydrogen-bond donors (Lipinski definition) is 3. The van der Waals surface area contributed by atoms with Crippen LogP contribution < -0.4 is 20.7 Å². The number of carbonyl (C=O) groups excluding carboxylic acids is 2. The van der Waals surface area contributed by atoms with Gasteiger partial charge >= 0.3 is 0 Å². The molecule has 2 aromatic heterocycles. The zero-order chi connectivity index (χ0) is 25.2. The number of aromatic nitrogens is 3. The van der Waals surface area contributed by atoms with Gasteiger partial charge in [-0.15, -0.1) is 0 Å². The number of methoxy groups -OCH3 is 1. The van der Waals surface area contributed by atoms with E-state index in [2.05, 4.69) is 25.6 Å². The van der Waals surface area contributed by atoms with Crippen molar-refractivity contribution in [2.24, 2.45) is 5.92 Å². The first kappa shape index (κ1) is 17.6. The van der Waals surface area contributed by atoms with Gasteiger partial charge in [0, 0.05) is 47.7 Å². The van der Waals surface area contributed by atoms with Crippen LogP contribution in [-0.2, 0) is 4.79 Å². The third-order valence-electron chi connectivity index (χ3n) is 4.80. The number of amides is 2. The lowest BCUT2D eigenvalue weighted by molar-refractivity contribution is -0.117. The Hall–Kier alpha value is -4.08. The van der Waals surface area contributed by atoms with Crippen LogP contribution in [0.2, 0.25) is 0 Å². The average molecular weight is 439 g/mol. The standard InChI is InChI=1S/C22H21FN6O3/c1-24-22(31)15-11-27-18(29-21(30)12-4-5-12)10-16(15)28-17-9-13(23)8-14(19(17)32-2)20-25-6-3-7-26-20/h3,6-12H,4-5H2,1-2H3,(H,24,31)(H2,27,28,29,30)/i1D3. The molecule has 0 radical (unpaired) electrons. The monoisotopic (exact) mass is 439 g/mol. The van der Waals surface area contributed by atoms with Crippen LogP contribution in [0.25, 0.3) is 11.4 Å². The summed E-state index contributed by atoms with van der Waals surface area (Å²) in [5.74, 6) is -1.36. The fourth-order valence-corrected chi connectivity index (χ4v) is 3.10.